The highest BCUT2D eigenvalue weighted by atomic mass is 32.2. The van der Waals surface area contributed by atoms with E-state index >= 15 is 0 Å². The average Bonchev–Trinajstić information content (AvgIpc) is 2.37. The summed E-state index contributed by atoms with van der Waals surface area (Å²) in [5.74, 6) is 0.106. The molecule has 2 rings (SSSR count). The normalized spacial score (nSPS) is 15.3. The van der Waals surface area contributed by atoms with Crippen LogP contribution in [0.4, 0.5) is 5.69 Å². The molecule has 0 aromatic heterocycles. The second kappa shape index (κ2) is 4.72. The van der Waals surface area contributed by atoms with Crippen LogP contribution in [0.15, 0.2) is 18.2 Å². The van der Waals surface area contributed by atoms with Crippen LogP contribution in [0.2, 0.25) is 0 Å². The Hall–Kier alpha value is -1.36. The summed E-state index contributed by atoms with van der Waals surface area (Å²) in [4.78, 5) is 11.3. The highest BCUT2D eigenvalue weighted by Gasteiger charge is 2.26. The van der Waals surface area contributed by atoms with Crippen LogP contribution in [0.1, 0.15) is 36.2 Å². The quantitative estimate of drug-likeness (QED) is 0.787. The van der Waals surface area contributed by atoms with Gasteiger partial charge in [-0.1, -0.05) is 0 Å². The van der Waals surface area contributed by atoms with E-state index in [4.69, 9.17) is 0 Å². The van der Waals surface area contributed by atoms with E-state index in [-0.39, 0.29) is 11.5 Å². The zero-order chi connectivity index (χ0) is 13.3. The zero-order valence-corrected chi connectivity index (χ0v) is 11.5. The van der Waals surface area contributed by atoms with Crippen molar-refractivity contribution in [1.29, 1.82) is 0 Å². The number of hydrogen-bond donors (Lipinski definition) is 0. The number of carbonyl (C=O) groups is 1. The Bertz CT molecular complexity index is 578. The van der Waals surface area contributed by atoms with Crippen LogP contribution in [0.5, 0.6) is 0 Å². The van der Waals surface area contributed by atoms with Crippen LogP contribution in [0.25, 0.3) is 0 Å². The lowest BCUT2D eigenvalue weighted by Crippen LogP contribution is -2.36. The van der Waals surface area contributed by atoms with Gasteiger partial charge in [-0.15, -0.1) is 0 Å². The molecule has 0 fully saturated rings. The molecule has 0 spiro atoms. The van der Waals surface area contributed by atoms with E-state index in [2.05, 4.69) is 0 Å². The van der Waals surface area contributed by atoms with Gasteiger partial charge in [0, 0.05) is 12.1 Å². The molecule has 1 aliphatic rings. The van der Waals surface area contributed by atoms with Crippen LogP contribution in [0, 0.1) is 0 Å². The zero-order valence-electron chi connectivity index (χ0n) is 10.6. The molecule has 0 atom stereocenters. The molecule has 5 heteroatoms. The number of Topliss-reactive ketones (excluding diaryl/α,β-unsaturated/α-hetero) is 1. The molecule has 1 heterocycles. The Kier molecular flexibility index (Phi) is 3.43. The van der Waals surface area contributed by atoms with Crippen molar-refractivity contribution in [3.8, 4) is 0 Å². The highest BCUT2D eigenvalue weighted by molar-refractivity contribution is 7.92. The first-order valence-corrected chi connectivity index (χ1v) is 7.71. The van der Waals surface area contributed by atoms with Gasteiger partial charge in [-0.25, -0.2) is 8.42 Å². The third-order valence-electron chi connectivity index (χ3n) is 3.26. The van der Waals surface area contributed by atoms with Crippen molar-refractivity contribution in [2.45, 2.75) is 26.7 Å². The number of rotatable bonds is 3. The molecule has 1 aromatic carbocycles. The summed E-state index contributed by atoms with van der Waals surface area (Å²) in [6.45, 7) is 3.70. The van der Waals surface area contributed by atoms with Crippen molar-refractivity contribution in [3.63, 3.8) is 0 Å². The number of anilines is 1. The van der Waals surface area contributed by atoms with Crippen LogP contribution >= 0.6 is 0 Å². The number of nitrogens with zero attached hydrogens (tertiary/aromatic N) is 1. The van der Waals surface area contributed by atoms with E-state index < -0.39 is 10.0 Å². The number of carbonyl (C=O) groups excluding carboxylic acids is 1. The smallest absolute Gasteiger partial charge is 0.234 e. The maximum absolute atomic E-state index is 12.0. The van der Waals surface area contributed by atoms with Crippen molar-refractivity contribution in [1.82, 2.24) is 0 Å². The van der Waals surface area contributed by atoms with Crippen molar-refractivity contribution < 1.29 is 13.2 Å². The topological polar surface area (TPSA) is 54.5 Å². The molecule has 18 heavy (non-hydrogen) atoms. The maximum atomic E-state index is 12.0. The SMILES string of the molecule is CCS(=O)(=O)N1CCCc2cc(C(C)=O)ccc21. The fraction of sp³-hybridized carbons (Fsp3) is 0.462. The minimum atomic E-state index is -3.22. The van der Waals surface area contributed by atoms with Crippen LogP contribution in [-0.2, 0) is 16.4 Å². The lowest BCUT2D eigenvalue weighted by molar-refractivity contribution is 0.101. The van der Waals surface area contributed by atoms with Gasteiger partial charge in [0.15, 0.2) is 5.78 Å². The Labute approximate surface area is 108 Å². The summed E-state index contributed by atoms with van der Waals surface area (Å²) in [7, 11) is -3.22. The first-order valence-electron chi connectivity index (χ1n) is 6.10. The summed E-state index contributed by atoms with van der Waals surface area (Å²) >= 11 is 0. The van der Waals surface area contributed by atoms with Crippen molar-refractivity contribution >= 4 is 21.5 Å². The number of ketones is 1. The number of hydrogen-bond acceptors (Lipinski definition) is 3. The van der Waals surface area contributed by atoms with Gasteiger partial charge in [-0.2, -0.15) is 0 Å². The maximum Gasteiger partial charge on any atom is 0.234 e. The van der Waals surface area contributed by atoms with Gasteiger partial charge in [0.05, 0.1) is 11.4 Å². The van der Waals surface area contributed by atoms with Gasteiger partial charge in [0.2, 0.25) is 10.0 Å². The molecule has 1 aromatic rings. The molecule has 4 nitrogen and oxygen atoms in total. The highest BCUT2D eigenvalue weighted by Crippen LogP contribution is 2.30. The summed E-state index contributed by atoms with van der Waals surface area (Å²) in [6.07, 6.45) is 1.62. The number of sulfonamides is 1. The van der Waals surface area contributed by atoms with E-state index in [0.29, 0.717) is 12.1 Å². The molecular weight excluding hydrogens is 250 g/mol. The van der Waals surface area contributed by atoms with Gasteiger partial charge in [0.25, 0.3) is 0 Å². The average molecular weight is 267 g/mol. The van der Waals surface area contributed by atoms with Gasteiger partial charge in [0.1, 0.15) is 0 Å². The molecule has 0 unspecified atom stereocenters. The van der Waals surface area contributed by atoms with Crippen molar-refractivity contribution in [2.24, 2.45) is 0 Å². The minimum Gasteiger partial charge on any atom is -0.295 e. The van der Waals surface area contributed by atoms with Gasteiger partial charge in [-0.3, -0.25) is 9.10 Å². The standard InChI is InChI=1S/C13H17NO3S/c1-3-18(16,17)14-8-4-5-12-9-11(10(2)15)6-7-13(12)14/h6-7,9H,3-5,8H2,1-2H3. The van der Waals surface area contributed by atoms with Crippen LogP contribution in [-0.4, -0.2) is 26.5 Å². The molecule has 0 saturated carbocycles. The molecule has 0 saturated heterocycles. The summed E-state index contributed by atoms with van der Waals surface area (Å²) in [5.41, 5.74) is 2.32. The Morgan fingerprint density at radius 1 is 1.39 bits per heavy atom. The molecule has 0 aliphatic carbocycles. The third kappa shape index (κ3) is 2.27. The van der Waals surface area contributed by atoms with Gasteiger partial charge >= 0.3 is 0 Å². The number of fused-ring (bicyclic) bond motifs is 1. The van der Waals surface area contributed by atoms with Crippen molar-refractivity contribution in [2.75, 3.05) is 16.6 Å². The monoisotopic (exact) mass is 267 g/mol. The van der Waals surface area contributed by atoms with E-state index in [9.17, 15) is 13.2 Å². The van der Waals surface area contributed by atoms with Crippen LogP contribution < -0.4 is 4.31 Å². The minimum absolute atomic E-state index is 0.00766. The molecule has 1 aliphatic heterocycles. The molecule has 98 valence electrons. The number of benzene rings is 1. The van der Waals surface area contributed by atoms with Crippen LogP contribution in [0.3, 0.4) is 0 Å². The molecule has 0 N–H and O–H groups in total. The largest absolute Gasteiger partial charge is 0.295 e. The third-order valence-corrected chi connectivity index (χ3v) is 5.04. The van der Waals surface area contributed by atoms with E-state index in [1.165, 1.54) is 11.2 Å². The first-order chi connectivity index (χ1) is 8.45. The number of aryl methyl sites for hydroxylation is 1. The summed E-state index contributed by atoms with van der Waals surface area (Å²) < 4.78 is 25.5. The lowest BCUT2D eigenvalue weighted by atomic mass is 9.99. The second-order valence-electron chi connectivity index (χ2n) is 4.48. The molecule has 0 radical (unpaired) electrons. The predicted molar refractivity (Wildman–Crippen MR) is 71.6 cm³/mol. The molecular formula is C13H17NO3S. The summed E-state index contributed by atoms with van der Waals surface area (Å²) in [6, 6.07) is 5.26. The van der Waals surface area contributed by atoms with Crippen molar-refractivity contribution in [3.05, 3.63) is 29.3 Å². The van der Waals surface area contributed by atoms with E-state index in [0.717, 1.165) is 24.1 Å². The Balaban J connectivity index is 2.49. The van der Waals surface area contributed by atoms with E-state index in [1.54, 1.807) is 19.1 Å². The van der Waals surface area contributed by atoms with Gasteiger partial charge in [-0.05, 0) is 50.5 Å². The molecule has 0 bridgehead atoms. The second-order valence-corrected chi connectivity index (χ2v) is 6.66. The first kappa shape index (κ1) is 13.1. The Morgan fingerprint density at radius 3 is 2.72 bits per heavy atom. The van der Waals surface area contributed by atoms with E-state index in [1.807, 2.05) is 6.07 Å². The lowest BCUT2D eigenvalue weighted by Gasteiger charge is -2.30. The Morgan fingerprint density at radius 2 is 2.11 bits per heavy atom. The molecule has 0 amide bonds. The fourth-order valence-electron chi connectivity index (χ4n) is 2.23. The van der Waals surface area contributed by atoms with Gasteiger partial charge < -0.3 is 0 Å². The fourth-order valence-corrected chi connectivity index (χ4v) is 3.42. The predicted octanol–water partition coefficient (Wildman–Crippen LogP) is 1.99. The summed E-state index contributed by atoms with van der Waals surface area (Å²) in [5, 5.41) is 0.